The van der Waals surface area contributed by atoms with Crippen molar-refractivity contribution in [2.75, 3.05) is 0 Å². The summed E-state index contributed by atoms with van der Waals surface area (Å²) < 4.78 is 2.63. The van der Waals surface area contributed by atoms with E-state index in [1.807, 2.05) is 6.20 Å². The summed E-state index contributed by atoms with van der Waals surface area (Å²) in [7, 11) is 0. The van der Waals surface area contributed by atoms with Gasteiger partial charge in [-0.1, -0.05) is 0 Å². The molecule has 0 spiro atoms. The molecular weight excluding hydrogens is 236 g/mol. The van der Waals surface area contributed by atoms with E-state index in [-0.39, 0.29) is 0 Å². The maximum atomic E-state index is 4.41. The van der Waals surface area contributed by atoms with Gasteiger partial charge in [0.1, 0.15) is 6.33 Å². The molecule has 0 atom stereocenters. The topological polar surface area (TPSA) is 25.8 Å². The molecule has 4 rings (SSSR count). The van der Waals surface area contributed by atoms with Gasteiger partial charge < -0.3 is 0 Å². The van der Waals surface area contributed by atoms with Crippen LogP contribution < -0.4 is 0 Å². The second kappa shape index (κ2) is 2.99. The molecule has 4 heteroatoms. The van der Waals surface area contributed by atoms with Crippen LogP contribution in [-0.4, -0.2) is 9.97 Å². The Morgan fingerprint density at radius 2 is 1.62 bits per heavy atom. The van der Waals surface area contributed by atoms with Crippen molar-refractivity contribution < 1.29 is 0 Å². The highest BCUT2D eigenvalue weighted by Crippen LogP contribution is 2.38. The van der Waals surface area contributed by atoms with Crippen molar-refractivity contribution >= 4 is 53.7 Å². The fourth-order valence-electron chi connectivity index (χ4n) is 2.11. The molecule has 0 aliphatic rings. The molecule has 0 fully saturated rings. The zero-order valence-electron chi connectivity index (χ0n) is 8.18. The summed E-state index contributed by atoms with van der Waals surface area (Å²) in [5, 5.41) is 8.00. The smallest absolute Gasteiger partial charge is 0.116 e. The fourth-order valence-corrected chi connectivity index (χ4v) is 4.02. The van der Waals surface area contributed by atoms with Crippen LogP contribution in [0, 0.1) is 0 Å². The molecule has 0 amide bonds. The molecule has 0 unspecified atom stereocenters. The van der Waals surface area contributed by atoms with Gasteiger partial charge in [0, 0.05) is 31.8 Å². The number of rotatable bonds is 0. The Labute approximate surface area is 99.2 Å². The van der Waals surface area contributed by atoms with Crippen LogP contribution in [0.3, 0.4) is 0 Å². The first-order valence-corrected chi connectivity index (χ1v) is 6.67. The molecule has 0 aliphatic heterocycles. The van der Waals surface area contributed by atoms with Crippen molar-refractivity contribution in [2.45, 2.75) is 0 Å². The third-order valence-electron chi connectivity index (χ3n) is 2.79. The highest BCUT2D eigenvalue weighted by molar-refractivity contribution is 7.21. The molecule has 0 aliphatic carbocycles. The molecule has 0 saturated carbocycles. The summed E-state index contributed by atoms with van der Waals surface area (Å²) in [4.78, 5) is 8.55. The quantitative estimate of drug-likeness (QED) is 0.464. The highest BCUT2D eigenvalue weighted by Gasteiger charge is 2.10. The van der Waals surface area contributed by atoms with Gasteiger partial charge in [0.25, 0.3) is 0 Å². The van der Waals surface area contributed by atoms with Crippen molar-refractivity contribution in [3.05, 3.63) is 35.4 Å². The number of thiophene rings is 2. The Hall–Kier alpha value is -1.52. The predicted octanol–water partition coefficient (Wildman–Crippen LogP) is 4.06. The highest BCUT2D eigenvalue weighted by atomic mass is 32.1. The van der Waals surface area contributed by atoms with Gasteiger partial charge >= 0.3 is 0 Å². The first-order chi connectivity index (χ1) is 7.95. The number of hydrogen-bond donors (Lipinski definition) is 0. The average molecular weight is 242 g/mol. The number of fused-ring (bicyclic) bond motifs is 6. The molecule has 0 saturated heterocycles. The molecule has 3 aromatic heterocycles. The lowest BCUT2D eigenvalue weighted by molar-refractivity contribution is 1.23. The maximum absolute atomic E-state index is 4.41. The minimum absolute atomic E-state index is 1.07. The molecule has 2 nitrogen and oxygen atoms in total. The summed E-state index contributed by atoms with van der Waals surface area (Å²) in [6, 6.07) is 4.33. The molecule has 4 aromatic rings. The van der Waals surface area contributed by atoms with Crippen LogP contribution in [0.2, 0.25) is 0 Å². The summed E-state index contributed by atoms with van der Waals surface area (Å²) in [6.45, 7) is 0. The molecule has 0 bridgehead atoms. The second-order valence-corrected chi connectivity index (χ2v) is 5.44. The lowest BCUT2D eigenvalue weighted by atomic mass is 10.1. The Morgan fingerprint density at radius 3 is 2.50 bits per heavy atom. The number of nitrogens with zero attached hydrogens (tertiary/aromatic N) is 2. The third kappa shape index (κ3) is 0.956. The van der Waals surface area contributed by atoms with Crippen LogP contribution in [0.15, 0.2) is 35.4 Å². The Kier molecular flexibility index (Phi) is 1.61. The summed E-state index contributed by atoms with van der Waals surface area (Å²) in [5.41, 5.74) is 1.07. The van der Waals surface area contributed by atoms with Gasteiger partial charge in [0.05, 0.1) is 5.52 Å². The van der Waals surface area contributed by atoms with Gasteiger partial charge in [0.15, 0.2) is 0 Å². The average Bonchev–Trinajstić information content (AvgIpc) is 2.98. The summed E-state index contributed by atoms with van der Waals surface area (Å²) in [6.07, 6.45) is 3.54. The van der Waals surface area contributed by atoms with Crippen LogP contribution in [0.5, 0.6) is 0 Å². The second-order valence-electron chi connectivity index (χ2n) is 3.61. The number of aromatic nitrogens is 2. The summed E-state index contributed by atoms with van der Waals surface area (Å²) >= 11 is 3.54. The van der Waals surface area contributed by atoms with Crippen molar-refractivity contribution in [1.82, 2.24) is 9.97 Å². The standard InChI is InChI=1S/C12H6N2S2/c1-3-15-11-7(1)10-9(5-13-6-14-10)12-8(11)2-4-16-12/h1-6H. The Balaban J connectivity index is 2.51. The SMILES string of the molecule is c1ncc2c(n1)c1ccsc1c1ccsc21. The minimum atomic E-state index is 1.07. The van der Waals surface area contributed by atoms with E-state index in [4.69, 9.17) is 0 Å². The number of hydrogen-bond acceptors (Lipinski definition) is 4. The van der Waals surface area contributed by atoms with Crippen LogP contribution in [0.25, 0.3) is 31.1 Å². The minimum Gasteiger partial charge on any atom is -0.244 e. The van der Waals surface area contributed by atoms with E-state index in [1.54, 1.807) is 29.0 Å². The molecule has 3 heterocycles. The maximum Gasteiger partial charge on any atom is 0.116 e. The van der Waals surface area contributed by atoms with Crippen molar-refractivity contribution in [2.24, 2.45) is 0 Å². The summed E-state index contributed by atoms with van der Waals surface area (Å²) in [5.74, 6) is 0. The molecule has 0 N–H and O–H groups in total. The van der Waals surface area contributed by atoms with E-state index >= 15 is 0 Å². The van der Waals surface area contributed by atoms with Crippen LogP contribution in [0.4, 0.5) is 0 Å². The van der Waals surface area contributed by atoms with Crippen molar-refractivity contribution in [3.63, 3.8) is 0 Å². The zero-order valence-corrected chi connectivity index (χ0v) is 9.81. The van der Waals surface area contributed by atoms with Crippen molar-refractivity contribution in [3.8, 4) is 0 Å². The van der Waals surface area contributed by atoms with E-state index in [1.165, 1.54) is 25.6 Å². The lowest BCUT2D eigenvalue weighted by Crippen LogP contribution is -1.81. The van der Waals surface area contributed by atoms with Gasteiger partial charge in [0.2, 0.25) is 0 Å². The van der Waals surface area contributed by atoms with Crippen LogP contribution >= 0.6 is 22.7 Å². The number of benzene rings is 1. The van der Waals surface area contributed by atoms with Gasteiger partial charge in [-0.2, -0.15) is 0 Å². The largest absolute Gasteiger partial charge is 0.244 e. The first kappa shape index (κ1) is 8.61. The molecule has 16 heavy (non-hydrogen) atoms. The van der Waals surface area contributed by atoms with E-state index < -0.39 is 0 Å². The fraction of sp³-hybridized carbons (Fsp3) is 0. The lowest BCUT2D eigenvalue weighted by Gasteiger charge is -2.00. The van der Waals surface area contributed by atoms with Gasteiger partial charge in [-0.3, -0.25) is 0 Å². The Bertz CT molecular complexity index is 744. The van der Waals surface area contributed by atoms with Crippen LogP contribution in [-0.2, 0) is 0 Å². The van der Waals surface area contributed by atoms with E-state index in [0.717, 1.165) is 5.52 Å². The van der Waals surface area contributed by atoms with Gasteiger partial charge in [-0.05, 0) is 22.9 Å². The van der Waals surface area contributed by atoms with Gasteiger partial charge in [-0.15, -0.1) is 22.7 Å². The zero-order chi connectivity index (χ0) is 10.5. The molecule has 1 aromatic carbocycles. The molecule has 76 valence electrons. The van der Waals surface area contributed by atoms with Crippen LogP contribution in [0.1, 0.15) is 0 Å². The van der Waals surface area contributed by atoms with E-state index in [0.29, 0.717) is 0 Å². The first-order valence-electron chi connectivity index (χ1n) is 4.91. The normalized spacial score (nSPS) is 11.8. The van der Waals surface area contributed by atoms with E-state index in [9.17, 15) is 0 Å². The van der Waals surface area contributed by atoms with Gasteiger partial charge in [-0.25, -0.2) is 9.97 Å². The molecule has 0 radical (unpaired) electrons. The predicted molar refractivity (Wildman–Crippen MR) is 70.3 cm³/mol. The Morgan fingerprint density at radius 1 is 0.875 bits per heavy atom. The monoisotopic (exact) mass is 242 g/mol. The third-order valence-corrected chi connectivity index (χ3v) is 4.68. The van der Waals surface area contributed by atoms with E-state index in [2.05, 4.69) is 32.9 Å². The molecular formula is C12H6N2S2. The van der Waals surface area contributed by atoms with Crippen molar-refractivity contribution in [1.29, 1.82) is 0 Å².